The van der Waals surface area contributed by atoms with Crippen molar-refractivity contribution in [3.63, 3.8) is 0 Å². The van der Waals surface area contributed by atoms with Crippen LogP contribution in [0.15, 0.2) is 35.9 Å². The van der Waals surface area contributed by atoms with E-state index < -0.39 is 5.97 Å². The number of carbonyl (C=O) groups is 1. The van der Waals surface area contributed by atoms with Crippen molar-refractivity contribution in [2.45, 2.75) is 19.9 Å². The van der Waals surface area contributed by atoms with Crippen molar-refractivity contribution in [2.24, 2.45) is 0 Å². The highest BCUT2D eigenvalue weighted by Crippen LogP contribution is 2.06. The molecule has 0 aliphatic carbocycles. The molecule has 1 N–H and O–H groups in total. The number of aliphatic carboxylic acids is 1. The molecule has 0 amide bonds. The van der Waals surface area contributed by atoms with Gasteiger partial charge in [0, 0.05) is 18.7 Å². The maximum absolute atomic E-state index is 12.7. The van der Waals surface area contributed by atoms with Crippen molar-refractivity contribution in [2.75, 3.05) is 13.6 Å². The molecule has 0 fully saturated rings. The molecule has 98 valence electrons. The normalized spacial score (nSPS) is 11.9. The Morgan fingerprint density at radius 1 is 1.39 bits per heavy atom. The summed E-state index contributed by atoms with van der Waals surface area (Å²) in [6, 6.07) is 6.31. The van der Waals surface area contributed by atoms with E-state index in [2.05, 4.69) is 0 Å². The van der Waals surface area contributed by atoms with Gasteiger partial charge in [-0.2, -0.15) is 0 Å². The smallest absolute Gasteiger partial charge is 0.331 e. The van der Waals surface area contributed by atoms with E-state index in [1.54, 1.807) is 18.2 Å². The van der Waals surface area contributed by atoms with Crippen LogP contribution in [0.25, 0.3) is 0 Å². The van der Waals surface area contributed by atoms with Gasteiger partial charge in [0.1, 0.15) is 5.82 Å². The van der Waals surface area contributed by atoms with Crippen LogP contribution in [-0.4, -0.2) is 29.6 Å². The first-order chi connectivity index (χ1) is 8.52. The molecule has 0 heterocycles. The highest BCUT2D eigenvalue weighted by molar-refractivity contribution is 5.86. The number of hydrogen-bond donors (Lipinski definition) is 1. The lowest BCUT2D eigenvalue weighted by atomic mass is 10.2. The van der Waals surface area contributed by atoms with E-state index in [0.29, 0.717) is 25.1 Å². The van der Waals surface area contributed by atoms with E-state index in [1.165, 1.54) is 12.1 Å². The number of carboxylic acid groups (broad SMARTS) is 1. The van der Waals surface area contributed by atoms with E-state index in [0.717, 1.165) is 5.56 Å². The highest BCUT2D eigenvalue weighted by atomic mass is 19.1. The fraction of sp³-hybridized carbons (Fsp3) is 0.357. The summed E-state index contributed by atoms with van der Waals surface area (Å²) in [5.41, 5.74) is 1.42. The third-order valence-corrected chi connectivity index (χ3v) is 2.67. The fourth-order valence-electron chi connectivity index (χ4n) is 1.61. The lowest BCUT2D eigenvalue weighted by Gasteiger charge is -2.14. The Hall–Kier alpha value is -1.68. The average molecular weight is 251 g/mol. The van der Waals surface area contributed by atoms with Gasteiger partial charge < -0.3 is 5.11 Å². The molecule has 0 atom stereocenters. The summed E-state index contributed by atoms with van der Waals surface area (Å²) < 4.78 is 12.7. The Labute approximate surface area is 107 Å². The number of likely N-dealkylation sites (N-methyl/N-ethyl adjacent to an activating group) is 1. The molecule has 4 heteroatoms. The van der Waals surface area contributed by atoms with Gasteiger partial charge in [0.2, 0.25) is 0 Å². The van der Waals surface area contributed by atoms with Crippen LogP contribution in [0.3, 0.4) is 0 Å². The minimum Gasteiger partial charge on any atom is -0.478 e. The molecule has 3 nitrogen and oxygen atoms in total. The molecule has 0 saturated heterocycles. The van der Waals surface area contributed by atoms with Gasteiger partial charge in [-0.3, -0.25) is 4.90 Å². The number of carboxylic acids is 1. The standard InChI is InChI=1S/C14H18FNO2/c1-3-12(14(17)18)8-9-16(2)10-11-4-6-13(15)7-5-11/h4-8H,3,9-10H2,1-2H3,(H,17,18). The van der Waals surface area contributed by atoms with Gasteiger partial charge in [-0.1, -0.05) is 25.1 Å². The Kier molecular flexibility index (Phi) is 5.52. The van der Waals surface area contributed by atoms with E-state index in [1.807, 2.05) is 18.9 Å². The van der Waals surface area contributed by atoms with Gasteiger partial charge in [0.25, 0.3) is 0 Å². The second kappa shape index (κ2) is 6.91. The predicted octanol–water partition coefficient (Wildman–Crippen LogP) is 2.68. The van der Waals surface area contributed by atoms with Crippen molar-refractivity contribution in [3.8, 4) is 0 Å². The summed E-state index contributed by atoms with van der Waals surface area (Å²) in [5, 5.41) is 8.88. The zero-order chi connectivity index (χ0) is 13.5. The Morgan fingerprint density at radius 2 is 2.00 bits per heavy atom. The fourth-order valence-corrected chi connectivity index (χ4v) is 1.61. The minimum absolute atomic E-state index is 0.250. The molecule has 1 rings (SSSR count). The number of hydrogen-bond acceptors (Lipinski definition) is 2. The van der Waals surface area contributed by atoms with Crippen LogP contribution in [-0.2, 0) is 11.3 Å². The van der Waals surface area contributed by atoms with Crippen LogP contribution < -0.4 is 0 Å². The van der Waals surface area contributed by atoms with Crippen molar-refractivity contribution in [3.05, 3.63) is 47.3 Å². The van der Waals surface area contributed by atoms with Crippen molar-refractivity contribution < 1.29 is 14.3 Å². The molecule has 0 spiro atoms. The molecule has 0 unspecified atom stereocenters. The largest absolute Gasteiger partial charge is 0.478 e. The van der Waals surface area contributed by atoms with Crippen LogP contribution in [0.1, 0.15) is 18.9 Å². The first-order valence-electron chi connectivity index (χ1n) is 5.88. The number of rotatable bonds is 6. The van der Waals surface area contributed by atoms with Gasteiger partial charge in [-0.05, 0) is 31.2 Å². The van der Waals surface area contributed by atoms with Crippen LogP contribution in [0, 0.1) is 5.82 Å². The van der Waals surface area contributed by atoms with Gasteiger partial charge in [-0.25, -0.2) is 9.18 Å². The Bertz CT molecular complexity index is 426. The predicted molar refractivity (Wildman–Crippen MR) is 68.7 cm³/mol. The van der Waals surface area contributed by atoms with Gasteiger partial charge >= 0.3 is 5.97 Å². The molecule has 1 aromatic rings. The zero-order valence-electron chi connectivity index (χ0n) is 10.7. The zero-order valence-corrected chi connectivity index (χ0v) is 10.7. The van der Waals surface area contributed by atoms with Crippen LogP contribution in [0.4, 0.5) is 4.39 Å². The number of nitrogens with zero attached hydrogens (tertiary/aromatic N) is 1. The third kappa shape index (κ3) is 4.67. The second-order valence-corrected chi connectivity index (χ2v) is 4.21. The lowest BCUT2D eigenvalue weighted by Crippen LogP contribution is -2.18. The van der Waals surface area contributed by atoms with Crippen molar-refractivity contribution in [1.82, 2.24) is 4.90 Å². The van der Waals surface area contributed by atoms with Crippen LogP contribution >= 0.6 is 0 Å². The summed E-state index contributed by atoms with van der Waals surface area (Å²) in [4.78, 5) is 12.8. The van der Waals surface area contributed by atoms with Crippen molar-refractivity contribution >= 4 is 5.97 Å². The average Bonchev–Trinajstić information content (AvgIpc) is 2.32. The van der Waals surface area contributed by atoms with Crippen LogP contribution in [0.5, 0.6) is 0 Å². The quantitative estimate of drug-likeness (QED) is 0.790. The van der Waals surface area contributed by atoms with E-state index in [9.17, 15) is 9.18 Å². The second-order valence-electron chi connectivity index (χ2n) is 4.21. The van der Waals surface area contributed by atoms with E-state index in [4.69, 9.17) is 5.11 Å². The first kappa shape index (κ1) is 14.4. The van der Waals surface area contributed by atoms with Gasteiger partial charge in [0.05, 0.1) is 0 Å². The van der Waals surface area contributed by atoms with Crippen molar-refractivity contribution in [1.29, 1.82) is 0 Å². The molecule has 0 radical (unpaired) electrons. The summed E-state index contributed by atoms with van der Waals surface area (Å²) in [5.74, 6) is -1.12. The topological polar surface area (TPSA) is 40.5 Å². The van der Waals surface area contributed by atoms with Crippen LogP contribution in [0.2, 0.25) is 0 Å². The summed E-state index contributed by atoms with van der Waals surface area (Å²) >= 11 is 0. The Morgan fingerprint density at radius 3 is 2.50 bits per heavy atom. The summed E-state index contributed by atoms with van der Waals surface area (Å²) in [6.45, 7) is 3.04. The van der Waals surface area contributed by atoms with Gasteiger partial charge in [-0.15, -0.1) is 0 Å². The number of benzene rings is 1. The maximum atomic E-state index is 12.7. The molecular weight excluding hydrogens is 233 g/mol. The molecule has 0 saturated carbocycles. The maximum Gasteiger partial charge on any atom is 0.331 e. The molecule has 0 aliphatic heterocycles. The number of halogens is 1. The summed E-state index contributed by atoms with van der Waals surface area (Å²) in [6.07, 6.45) is 2.23. The van der Waals surface area contributed by atoms with Gasteiger partial charge in [0.15, 0.2) is 0 Å². The molecular formula is C14H18FNO2. The first-order valence-corrected chi connectivity index (χ1v) is 5.88. The lowest BCUT2D eigenvalue weighted by molar-refractivity contribution is -0.132. The molecule has 0 aliphatic rings. The molecule has 1 aromatic carbocycles. The Balaban J connectivity index is 2.53. The monoisotopic (exact) mass is 251 g/mol. The SMILES string of the molecule is CCC(=CCN(C)Cc1ccc(F)cc1)C(=O)O. The molecule has 0 bridgehead atoms. The minimum atomic E-state index is -0.868. The molecule has 0 aromatic heterocycles. The third-order valence-electron chi connectivity index (χ3n) is 2.67. The summed E-state index contributed by atoms with van der Waals surface area (Å²) in [7, 11) is 1.90. The van der Waals surface area contributed by atoms with E-state index in [-0.39, 0.29) is 5.82 Å². The highest BCUT2D eigenvalue weighted by Gasteiger charge is 2.05. The van der Waals surface area contributed by atoms with E-state index >= 15 is 0 Å². The molecule has 18 heavy (non-hydrogen) atoms.